The molecule has 1 fully saturated rings. The Morgan fingerprint density at radius 2 is 2.45 bits per heavy atom. The van der Waals surface area contributed by atoms with Crippen LogP contribution < -0.4 is 0 Å². The maximum absolute atomic E-state index is 13.0. The molecule has 0 aromatic carbocycles. The Kier molecular flexibility index (Phi) is 2.78. The fourth-order valence-electron chi connectivity index (χ4n) is 1.33. The van der Waals surface area contributed by atoms with Crippen LogP contribution in [-0.4, -0.2) is 20.7 Å². The summed E-state index contributed by atoms with van der Waals surface area (Å²) in [6.07, 6.45) is 0.143. The molecule has 0 heterocycles. The third kappa shape index (κ3) is 2.10. The summed E-state index contributed by atoms with van der Waals surface area (Å²) >= 11 is -2.12. The zero-order valence-corrected chi connectivity index (χ0v) is 6.90. The highest BCUT2D eigenvalue weighted by Crippen LogP contribution is 2.32. The van der Waals surface area contributed by atoms with Crippen molar-refractivity contribution in [1.29, 1.82) is 0 Å². The van der Waals surface area contributed by atoms with Crippen LogP contribution in [0.25, 0.3) is 0 Å². The molecule has 0 aliphatic heterocycles. The molecule has 0 saturated heterocycles. The lowest BCUT2D eigenvalue weighted by Crippen LogP contribution is -2.16. The fourth-order valence-corrected chi connectivity index (χ4v) is 2.02. The van der Waals surface area contributed by atoms with Gasteiger partial charge in [0.25, 0.3) is 0 Å². The van der Waals surface area contributed by atoms with E-state index in [0.29, 0.717) is 18.4 Å². The van der Waals surface area contributed by atoms with Crippen molar-refractivity contribution in [2.45, 2.75) is 19.0 Å². The molecule has 2 nitrogen and oxygen atoms in total. The van der Waals surface area contributed by atoms with Crippen molar-refractivity contribution in [1.82, 2.24) is 0 Å². The average molecular weight is 177 g/mol. The van der Waals surface area contributed by atoms with E-state index in [-0.39, 0.29) is 11.7 Å². The minimum atomic E-state index is -2.12. The zero-order chi connectivity index (χ0) is 8.43. The Labute approximate surface area is 67.8 Å². The van der Waals surface area contributed by atoms with Crippen LogP contribution in [-0.2, 0) is 11.1 Å². The lowest BCUT2D eigenvalue weighted by atomic mass is 10.1. The molecule has 3 atom stereocenters. The maximum atomic E-state index is 13.0. The molecule has 0 amide bonds. The zero-order valence-electron chi connectivity index (χ0n) is 6.09. The van der Waals surface area contributed by atoms with E-state index in [9.17, 15) is 13.2 Å². The van der Waals surface area contributed by atoms with Gasteiger partial charge < -0.3 is 4.55 Å². The van der Waals surface area contributed by atoms with E-state index in [2.05, 4.69) is 6.58 Å². The van der Waals surface area contributed by atoms with Gasteiger partial charge in [0.05, 0.1) is 0 Å². The molecule has 1 aliphatic carbocycles. The molecule has 11 heavy (non-hydrogen) atoms. The molecule has 0 aromatic heterocycles. The first-order chi connectivity index (χ1) is 5.11. The summed E-state index contributed by atoms with van der Waals surface area (Å²) in [5.74, 6) is -0.416. The van der Waals surface area contributed by atoms with Crippen molar-refractivity contribution in [3.63, 3.8) is 0 Å². The molecule has 4 heteroatoms. The molecule has 0 spiro atoms. The molecule has 3 unspecified atom stereocenters. The van der Waals surface area contributed by atoms with Gasteiger partial charge in [-0.1, -0.05) is 17.7 Å². The minimum absolute atomic E-state index is 0.0693. The summed E-state index contributed by atoms with van der Waals surface area (Å²) < 4.78 is 33.4. The average Bonchev–Trinajstić information content (AvgIpc) is 2.18. The molecule has 64 valence electrons. The molecular formula is C7H10FO2S-. The standard InChI is InChI=1S/C7H11FO2S/c1-5-2-3-6(7(5)8)4-11(9)10/h6-7H,1-4H2,(H,9,10)/p-1. The SMILES string of the molecule is C=C1CCC(CS(=O)[O-])C1F. The number of rotatable bonds is 2. The van der Waals surface area contributed by atoms with Crippen LogP contribution in [0.1, 0.15) is 12.8 Å². The Morgan fingerprint density at radius 1 is 1.82 bits per heavy atom. The van der Waals surface area contributed by atoms with Crippen LogP contribution >= 0.6 is 0 Å². The van der Waals surface area contributed by atoms with Crippen molar-refractivity contribution >= 4 is 11.1 Å². The number of hydrogen-bond donors (Lipinski definition) is 0. The lowest BCUT2D eigenvalue weighted by molar-refractivity contribution is 0.313. The highest BCUT2D eigenvalue weighted by atomic mass is 32.2. The molecule has 0 bridgehead atoms. The van der Waals surface area contributed by atoms with Gasteiger partial charge in [0.2, 0.25) is 0 Å². The van der Waals surface area contributed by atoms with Crippen LogP contribution in [0.2, 0.25) is 0 Å². The smallest absolute Gasteiger partial charge is 0.125 e. The van der Waals surface area contributed by atoms with Crippen molar-refractivity contribution in [3.8, 4) is 0 Å². The molecule has 1 rings (SSSR count). The summed E-state index contributed by atoms with van der Waals surface area (Å²) in [4.78, 5) is 0. The topological polar surface area (TPSA) is 40.1 Å². The summed E-state index contributed by atoms with van der Waals surface area (Å²) in [5.41, 5.74) is 0.542. The van der Waals surface area contributed by atoms with Gasteiger partial charge in [0.1, 0.15) is 6.17 Å². The highest BCUT2D eigenvalue weighted by Gasteiger charge is 2.29. The number of alkyl halides is 1. The van der Waals surface area contributed by atoms with Crippen LogP contribution in [0.3, 0.4) is 0 Å². The molecule has 0 N–H and O–H groups in total. The first-order valence-electron chi connectivity index (χ1n) is 3.49. The molecule has 1 aliphatic rings. The van der Waals surface area contributed by atoms with Gasteiger partial charge in [-0.2, -0.15) is 0 Å². The Bertz CT molecular complexity index is 193. The predicted octanol–water partition coefficient (Wildman–Crippen LogP) is 1.17. The maximum Gasteiger partial charge on any atom is 0.125 e. The Morgan fingerprint density at radius 3 is 2.82 bits per heavy atom. The monoisotopic (exact) mass is 177 g/mol. The van der Waals surface area contributed by atoms with E-state index in [1.165, 1.54) is 0 Å². The van der Waals surface area contributed by atoms with Gasteiger partial charge in [-0.05, 0) is 18.4 Å². The lowest BCUT2D eigenvalue weighted by Gasteiger charge is -2.13. The van der Waals surface area contributed by atoms with E-state index < -0.39 is 17.3 Å². The van der Waals surface area contributed by atoms with E-state index >= 15 is 0 Å². The van der Waals surface area contributed by atoms with Crippen LogP contribution in [0.5, 0.6) is 0 Å². The molecule has 1 saturated carbocycles. The Balaban J connectivity index is 2.48. The van der Waals surface area contributed by atoms with Crippen LogP contribution in [0.15, 0.2) is 12.2 Å². The van der Waals surface area contributed by atoms with E-state index in [1.807, 2.05) is 0 Å². The minimum Gasteiger partial charge on any atom is -0.772 e. The normalized spacial score (nSPS) is 34.2. The van der Waals surface area contributed by atoms with Crippen LogP contribution in [0.4, 0.5) is 4.39 Å². The van der Waals surface area contributed by atoms with E-state index in [1.54, 1.807) is 0 Å². The second-order valence-electron chi connectivity index (χ2n) is 2.83. The second-order valence-corrected chi connectivity index (χ2v) is 3.77. The summed E-state index contributed by atoms with van der Waals surface area (Å²) in [6, 6.07) is 0. The van der Waals surface area contributed by atoms with Gasteiger partial charge in [0.15, 0.2) is 0 Å². The van der Waals surface area contributed by atoms with Crippen molar-refractivity contribution in [2.75, 3.05) is 5.75 Å². The third-order valence-electron chi connectivity index (χ3n) is 1.99. The molecule has 0 radical (unpaired) electrons. The van der Waals surface area contributed by atoms with E-state index in [0.717, 1.165) is 0 Å². The Hall–Kier alpha value is -0.220. The van der Waals surface area contributed by atoms with Crippen molar-refractivity contribution in [3.05, 3.63) is 12.2 Å². The highest BCUT2D eigenvalue weighted by molar-refractivity contribution is 7.79. The second kappa shape index (κ2) is 3.45. The first-order valence-corrected chi connectivity index (χ1v) is 4.73. The molecule has 0 aromatic rings. The summed E-state index contributed by atoms with van der Waals surface area (Å²) in [5, 5.41) is 0. The van der Waals surface area contributed by atoms with Crippen molar-refractivity contribution in [2.24, 2.45) is 5.92 Å². The van der Waals surface area contributed by atoms with E-state index in [4.69, 9.17) is 0 Å². The summed E-state index contributed by atoms with van der Waals surface area (Å²) in [7, 11) is 0. The summed E-state index contributed by atoms with van der Waals surface area (Å²) in [6.45, 7) is 3.52. The number of allylic oxidation sites excluding steroid dienone is 1. The molecular weight excluding hydrogens is 167 g/mol. The van der Waals surface area contributed by atoms with Gasteiger partial charge in [-0.25, -0.2) is 4.39 Å². The quantitative estimate of drug-likeness (QED) is 0.469. The van der Waals surface area contributed by atoms with Crippen molar-refractivity contribution < 1.29 is 13.2 Å². The van der Waals surface area contributed by atoms with Gasteiger partial charge in [0, 0.05) is 11.7 Å². The van der Waals surface area contributed by atoms with Gasteiger partial charge in [-0.3, -0.25) is 4.21 Å². The number of hydrogen-bond acceptors (Lipinski definition) is 2. The van der Waals surface area contributed by atoms with Gasteiger partial charge in [-0.15, -0.1) is 0 Å². The first kappa shape index (κ1) is 8.87. The van der Waals surface area contributed by atoms with Gasteiger partial charge >= 0.3 is 0 Å². The largest absolute Gasteiger partial charge is 0.772 e. The van der Waals surface area contributed by atoms with Crippen LogP contribution in [0, 0.1) is 5.92 Å². The third-order valence-corrected chi connectivity index (χ3v) is 2.69. The predicted molar refractivity (Wildman–Crippen MR) is 40.5 cm³/mol. The number of halogens is 1. The fraction of sp³-hybridized carbons (Fsp3) is 0.714.